The number of hydrogen-bond donors (Lipinski definition) is 16. The van der Waals surface area contributed by atoms with Crippen LogP contribution in [0.2, 0.25) is 0 Å². The van der Waals surface area contributed by atoms with Crippen molar-refractivity contribution in [2.45, 2.75) is 291 Å². The molecule has 10 fully saturated rings. The van der Waals surface area contributed by atoms with E-state index < -0.39 is 221 Å². The molecule has 0 aromatic rings. The van der Waals surface area contributed by atoms with Gasteiger partial charge in [0.05, 0.1) is 50.2 Å². The van der Waals surface area contributed by atoms with Crippen LogP contribution >= 0.6 is 0 Å². The van der Waals surface area contributed by atoms with Crippen LogP contribution in [0.1, 0.15) is 113 Å². The number of carbonyl (C=O) groups is 1. The molecule has 11 rings (SSSR count). The van der Waals surface area contributed by atoms with Crippen LogP contribution in [-0.2, 0) is 61.6 Å². The van der Waals surface area contributed by atoms with Gasteiger partial charge in [0.2, 0.25) is 6.29 Å². The second-order valence-electron chi connectivity index (χ2n) is 29.5. The average Bonchev–Trinajstić information content (AvgIpc) is 0.677. The topological polar surface area (TPSA) is 452 Å². The highest BCUT2D eigenvalue weighted by Crippen LogP contribution is 2.76. The van der Waals surface area contributed by atoms with E-state index in [1.54, 1.807) is 0 Å². The lowest BCUT2D eigenvalue weighted by molar-refractivity contribution is -0.402. The van der Waals surface area contributed by atoms with Crippen molar-refractivity contribution in [1.29, 1.82) is 0 Å². The van der Waals surface area contributed by atoms with E-state index in [0.717, 1.165) is 31.3 Å². The van der Waals surface area contributed by atoms with Gasteiger partial charge in [0.15, 0.2) is 31.5 Å². The highest BCUT2D eigenvalue weighted by molar-refractivity contribution is 5.79. The molecule has 0 aromatic carbocycles. The van der Waals surface area contributed by atoms with Gasteiger partial charge in [-0.3, -0.25) is 4.79 Å². The van der Waals surface area contributed by atoms with Gasteiger partial charge in [0.1, 0.15) is 122 Å². The molecule has 0 spiro atoms. The van der Waals surface area contributed by atoms with Gasteiger partial charge >= 0.3 is 5.97 Å². The number of ether oxygens (including phenoxy) is 12. The first-order valence-electron chi connectivity index (χ1n) is 32.7. The summed E-state index contributed by atoms with van der Waals surface area (Å²) in [7, 11) is 0. The summed E-state index contributed by atoms with van der Waals surface area (Å²) in [6.07, 6.45) is -38.0. The van der Waals surface area contributed by atoms with E-state index in [1.165, 1.54) is 19.4 Å². The summed E-state index contributed by atoms with van der Waals surface area (Å²) in [6, 6.07) is 0. The van der Waals surface area contributed by atoms with E-state index in [2.05, 4.69) is 47.3 Å². The summed E-state index contributed by atoms with van der Waals surface area (Å²) in [6.45, 7) is 16.2. The molecule has 0 amide bonds. The third-order valence-electron chi connectivity index (χ3n) is 24.2. The molecule has 5 aliphatic carbocycles. The predicted octanol–water partition coefficient (Wildman–Crippen LogP) is -3.52. The van der Waals surface area contributed by atoms with E-state index in [9.17, 15) is 86.5 Å². The zero-order chi connectivity index (χ0) is 66.8. The van der Waals surface area contributed by atoms with Gasteiger partial charge in [-0.05, 0) is 112 Å². The molecular weight excluding hydrogens is 1220 g/mol. The summed E-state index contributed by atoms with van der Waals surface area (Å²) in [5.74, 6) is -0.541. The fraction of sp³-hybridized carbons (Fsp3) is 0.921. The van der Waals surface area contributed by atoms with Gasteiger partial charge in [-0.2, -0.15) is 0 Å². The molecule has 526 valence electrons. The number of fused-ring (bicyclic) bond motifs is 7. The minimum atomic E-state index is -2.02. The highest BCUT2D eigenvalue weighted by atomic mass is 16.8. The Hall–Kier alpha value is -2.13. The molecule has 16 N–H and O–H groups in total. The van der Waals surface area contributed by atoms with Gasteiger partial charge in [-0.15, -0.1) is 0 Å². The predicted molar refractivity (Wildman–Crippen MR) is 309 cm³/mol. The Morgan fingerprint density at radius 3 is 1.78 bits per heavy atom. The quantitative estimate of drug-likeness (QED) is 0.0455. The number of aliphatic hydroxyl groups excluding tert-OH is 16. The average molecular weight is 1320 g/mol. The largest absolute Gasteiger partial charge is 0.432 e. The summed E-state index contributed by atoms with van der Waals surface area (Å²) in [5.41, 5.74) is -0.126. The molecule has 4 saturated carbocycles. The molecule has 29 nitrogen and oxygen atoms in total. The molecule has 0 unspecified atom stereocenters. The maximum Gasteiger partial charge on any atom is 0.315 e. The Kier molecular flexibility index (Phi) is 20.8. The summed E-state index contributed by atoms with van der Waals surface area (Å²) in [4.78, 5) is 14.7. The van der Waals surface area contributed by atoms with Gasteiger partial charge in [0, 0.05) is 5.92 Å². The van der Waals surface area contributed by atoms with E-state index in [-0.39, 0.29) is 34.0 Å². The first-order chi connectivity index (χ1) is 43.3. The van der Waals surface area contributed by atoms with Gasteiger partial charge in [-0.1, -0.05) is 58.4 Å². The standard InChI is InChI=1S/C63H100O29/c1-24-11-16-63(58(80)92-56-44(76)40(72)38(70)31(20-64)85-56)18-17-61(7)27(28(63)19-24)9-10-34-60(6)14-13-35(59(4,5)33(60)12-15-62(34,61)8)87-53-47(79)49(30(67)23-82-53)89-57-51(91-54-43(75)39(71)36(68)25(2)83-54)46(78)50(32(21-65)86-57)90-55-45(77)41(73)48(26(3)84-55)88-52-42(74)37(69)29(66)22-81-52/h9,25-26,28-57,64-79H,1,10-23H2,2-8H3/t25-,26-,28-,29-,30+,31+,32+,33-,34+,35-,36-,37-,38-,39+,40-,41-,42+,43+,44+,45+,46-,47+,48-,49-,50-,51+,52-,53-,54-,55-,56-,57-,60-,61+,62+,63-/m0/s1. The third kappa shape index (κ3) is 12.0. The first kappa shape index (κ1) is 71.2. The first-order valence-corrected chi connectivity index (χ1v) is 32.7. The minimum absolute atomic E-state index is 0.0899. The van der Waals surface area contributed by atoms with E-state index in [4.69, 9.17) is 56.8 Å². The summed E-state index contributed by atoms with van der Waals surface area (Å²) in [5, 5.41) is 175. The third-order valence-corrected chi connectivity index (χ3v) is 24.2. The summed E-state index contributed by atoms with van der Waals surface area (Å²) < 4.78 is 72.0. The van der Waals surface area contributed by atoms with Crippen molar-refractivity contribution >= 4 is 5.97 Å². The van der Waals surface area contributed by atoms with Gasteiger partial charge in [0.25, 0.3) is 0 Å². The van der Waals surface area contributed by atoms with Crippen LogP contribution in [0, 0.1) is 44.8 Å². The summed E-state index contributed by atoms with van der Waals surface area (Å²) >= 11 is 0. The zero-order valence-electron chi connectivity index (χ0n) is 53.1. The molecule has 36 atom stereocenters. The number of esters is 1. The van der Waals surface area contributed by atoms with Crippen molar-refractivity contribution in [3.05, 3.63) is 23.8 Å². The monoisotopic (exact) mass is 1320 g/mol. The Labute approximate surface area is 533 Å². The second kappa shape index (κ2) is 26.8. The molecule has 6 saturated heterocycles. The SMILES string of the molecule is C=C1CC[C@]2(C(=O)O[C@@H]3O[C@H](CO)[C@H](O)[C@H](O)[C@H]3O)CC[C@]3(C)C(=CC[C@@H]4[C@@]5(C)CC[C@H](O[C@@H]6OC[C@@H](O)[C@H](O[C@@H]7O[C@H](CO)[C@H](O[C@@H]8O[C@@H](C)[C@H](O[C@@H]9OC[C@H](O)[C@H](O)[C@H]9O)[C@@H](O)[C@H]8O)[C@H](O)[C@H]7O[C@@H]7O[C@@H](C)[C@H](O)[C@@H](O)[C@H]7O)[C@H]6O)C(C)(C)[C@@H]5CC[C@]43C)[C@@H]2C1. The van der Waals surface area contributed by atoms with Crippen molar-refractivity contribution in [2.24, 2.45) is 44.8 Å². The van der Waals surface area contributed by atoms with Crippen molar-refractivity contribution < 1.29 is 143 Å². The van der Waals surface area contributed by atoms with Gasteiger partial charge < -0.3 is 139 Å². The Morgan fingerprint density at radius 2 is 1.10 bits per heavy atom. The van der Waals surface area contributed by atoms with Crippen LogP contribution in [-0.4, -0.2) is 292 Å². The Balaban J connectivity index is 0.786. The smallest absolute Gasteiger partial charge is 0.315 e. The number of hydrogen-bond acceptors (Lipinski definition) is 29. The van der Waals surface area contributed by atoms with Crippen molar-refractivity contribution in [1.82, 2.24) is 0 Å². The molecule has 92 heavy (non-hydrogen) atoms. The van der Waals surface area contributed by atoms with Crippen molar-refractivity contribution in [3.8, 4) is 0 Å². The Bertz CT molecular complexity index is 2620. The number of carbonyl (C=O) groups excluding carboxylic acids is 1. The van der Waals surface area contributed by atoms with Crippen molar-refractivity contribution in [2.75, 3.05) is 26.4 Å². The fourth-order valence-corrected chi connectivity index (χ4v) is 18.4. The minimum Gasteiger partial charge on any atom is -0.432 e. The van der Waals surface area contributed by atoms with E-state index in [1.807, 2.05) is 0 Å². The Morgan fingerprint density at radius 1 is 0.522 bits per heavy atom. The van der Waals surface area contributed by atoms with Crippen molar-refractivity contribution in [3.63, 3.8) is 0 Å². The molecule has 0 bridgehead atoms. The number of aliphatic hydroxyl groups is 16. The van der Waals surface area contributed by atoms with Crippen LogP contribution in [0.4, 0.5) is 0 Å². The second-order valence-corrected chi connectivity index (χ2v) is 29.5. The van der Waals surface area contributed by atoms with Gasteiger partial charge in [-0.25, -0.2) is 0 Å². The molecule has 29 heteroatoms. The maximum atomic E-state index is 14.7. The molecule has 11 aliphatic rings. The van der Waals surface area contributed by atoms with Crippen LogP contribution in [0.15, 0.2) is 23.8 Å². The molecule has 6 aliphatic heterocycles. The van der Waals surface area contributed by atoms with Crippen LogP contribution < -0.4 is 0 Å². The number of allylic oxidation sites excluding steroid dienone is 3. The lowest BCUT2D eigenvalue weighted by Crippen LogP contribution is -2.68. The molecular formula is C63H100O29. The lowest BCUT2D eigenvalue weighted by atomic mass is 9.34. The van der Waals surface area contributed by atoms with E-state index >= 15 is 0 Å². The fourth-order valence-electron chi connectivity index (χ4n) is 18.4. The number of rotatable bonds is 14. The lowest BCUT2D eigenvalue weighted by Gasteiger charge is -2.71. The zero-order valence-corrected chi connectivity index (χ0v) is 53.1. The maximum absolute atomic E-state index is 14.7. The highest BCUT2D eigenvalue weighted by Gasteiger charge is 2.70. The van der Waals surface area contributed by atoms with Crippen LogP contribution in [0.3, 0.4) is 0 Å². The normalized spacial score (nSPS) is 54.6. The van der Waals surface area contributed by atoms with Crippen LogP contribution in [0.5, 0.6) is 0 Å². The molecule has 6 heterocycles. The van der Waals surface area contributed by atoms with Crippen LogP contribution in [0.25, 0.3) is 0 Å². The molecule has 0 aromatic heterocycles. The molecule has 0 radical (unpaired) electrons. The van der Waals surface area contributed by atoms with E-state index in [0.29, 0.717) is 38.5 Å².